The van der Waals surface area contributed by atoms with Gasteiger partial charge in [-0.15, -0.1) is 0 Å². The Bertz CT molecular complexity index is 213. The van der Waals surface area contributed by atoms with Crippen LogP contribution in [0.3, 0.4) is 0 Å². The molecule has 1 fully saturated rings. The molecule has 0 unspecified atom stereocenters. The number of hydrogen-bond donors (Lipinski definition) is 2. The second-order valence-corrected chi connectivity index (χ2v) is 2.95. The first-order chi connectivity index (χ1) is 6.74. The molecular formula is C8H14N2O4. The largest absolute Gasteiger partial charge is 0.450 e. The molecule has 1 atom stereocenters. The zero-order chi connectivity index (χ0) is 10.4. The maximum Gasteiger partial charge on any atom is 0.450 e. The molecule has 14 heavy (non-hydrogen) atoms. The normalized spacial score (nSPS) is 20.2. The Morgan fingerprint density at radius 2 is 2.29 bits per heavy atom. The van der Waals surface area contributed by atoms with Gasteiger partial charge in [-0.2, -0.15) is 0 Å². The lowest BCUT2D eigenvalue weighted by molar-refractivity contribution is -0.234. The van der Waals surface area contributed by atoms with Gasteiger partial charge in [0.1, 0.15) is 6.04 Å². The fourth-order valence-electron chi connectivity index (χ4n) is 1.20. The van der Waals surface area contributed by atoms with Gasteiger partial charge in [0.05, 0.1) is 0 Å². The Kier molecular flexibility index (Phi) is 4.18. The molecule has 1 saturated heterocycles. The fraction of sp³-hybridized carbons (Fsp3) is 0.750. The molecule has 6 nitrogen and oxygen atoms in total. The van der Waals surface area contributed by atoms with Crippen molar-refractivity contribution in [2.45, 2.75) is 25.8 Å². The van der Waals surface area contributed by atoms with Gasteiger partial charge in [0.15, 0.2) is 0 Å². The maximum absolute atomic E-state index is 11.2. The Morgan fingerprint density at radius 3 is 2.86 bits per heavy atom. The zero-order valence-electron chi connectivity index (χ0n) is 8.04. The van der Waals surface area contributed by atoms with Crippen LogP contribution in [-0.2, 0) is 14.6 Å². The molecule has 0 radical (unpaired) electrons. The highest BCUT2D eigenvalue weighted by atomic mass is 17.2. The molecular weight excluding hydrogens is 188 g/mol. The van der Waals surface area contributed by atoms with Crippen molar-refractivity contribution in [3.63, 3.8) is 0 Å². The topological polar surface area (TPSA) is 76.7 Å². The number of nitrogens with one attached hydrogen (secondary N) is 2. The molecule has 1 amide bonds. The summed E-state index contributed by atoms with van der Waals surface area (Å²) < 4.78 is 0. The number of amides is 1. The predicted molar refractivity (Wildman–Crippen MR) is 47.3 cm³/mol. The summed E-state index contributed by atoms with van der Waals surface area (Å²) >= 11 is 0. The highest BCUT2D eigenvalue weighted by Crippen LogP contribution is 2.06. The van der Waals surface area contributed by atoms with E-state index in [0.717, 1.165) is 19.4 Å². The van der Waals surface area contributed by atoms with Crippen LogP contribution in [0.1, 0.15) is 19.8 Å². The summed E-state index contributed by atoms with van der Waals surface area (Å²) in [5.74, 6) is -0.547. The molecule has 0 bridgehead atoms. The van der Waals surface area contributed by atoms with E-state index in [0.29, 0.717) is 6.54 Å². The SMILES string of the molecule is CCNC(=O)OOC(=O)[C@H]1CCCN1. The van der Waals surface area contributed by atoms with Crippen LogP contribution in [0.25, 0.3) is 0 Å². The van der Waals surface area contributed by atoms with E-state index in [-0.39, 0.29) is 6.04 Å². The van der Waals surface area contributed by atoms with E-state index in [4.69, 9.17) is 0 Å². The molecule has 2 N–H and O–H groups in total. The Morgan fingerprint density at radius 1 is 1.50 bits per heavy atom. The number of carbonyl (C=O) groups excluding carboxylic acids is 2. The molecule has 1 aliphatic rings. The van der Waals surface area contributed by atoms with Crippen molar-refractivity contribution >= 4 is 12.1 Å². The van der Waals surface area contributed by atoms with Crippen LogP contribution in [0.15, 0.2) is 0 Å². The second-order valence-electron chi connectivity index (χ2n) is 2.95. The van der Waals surface area contributed by atoms with E-state index in [2.05, 4.69) is 20.4 Å². The van der Waals surface area contributed by atoms with Crippen LogP contribution >= 0.6 is 0 Å². The van der Waals surface area contributed by atoms with E-state index in [1.807, 2.05) is 0 Å². The molecule has 0 spiro atoms. The third kappa shape index (κ3) is 3.21. The van der Waals surface area contributed by atoms with Crippen LogP contribution in [-0.4, -0.2) is 31.2 Å². The van der Waals surface area contributed by atoms with Crippen molar-refractivity contribution in [3.8, 4) is 0 Å². The number of carbonyl (C=O) groups is 2. The molecule has 0 saturated carbocycles. The highest BCUT2D eigenvalue weighted by Gasteiger charge is 2.25. The van der Waals surface area contributed by atoms with Crippen molar-refractivity contribution < 1.29 is 19.4 Å². The number of hydrogen-bond acceptors (Lipinski definition) is 5. The average molecular weight is 202 g/mol. The molecule has 1 rings (SSSR count). The Balaban J connectivity index is 2.17. The minimum absolute atomic E-state index is 0.343. The summed E-state index contributed by atoms with van der Waals surface area (Å²) in [6.07, 6.45) is 0.900. The van der Waals surface area contributed by atoms with E-state index in [1.54, 1.807) is 6.92 Å². The number of rotatable bonds is 2. The van der Waals surface area contributed by atoms with E-state index >= 15 is 0 Å². The molecule has 6 heteroatoms. The molecule has 1 aliphatic heterocycles. The minimum Gasteiger partial charge on any atom is -0.319 e. The van der Waals surface area contributed by atoms with Crippen molar-refractivity contribution in [2.24, 2.45) is 0 Å². The van der Waals surface area contributed by atoms with E-state index in [9.17, 15) is 9.59 Å². The van der Waals surface area contributed by atoms with Crippen molar-refractivity contribution in [3.05, 3.63) is 0 Å². The molecule has 0 aromatic heterocycles. The van der Waals surface area contributed by atoms with Gasteiger partial charge in [-0.3, -0.25) is 0 Å². The Labute approximate surface area is 81.9 Å². The minimum atomic E-state index is -0.751. The summed E-state index contributed by atoms with van der Waals surface area (Å²) in [6, 6.07) is -0.343. The summed E-state index contributed by atoms with van der Waals surface area (Å²) in [5.41, 5.74) is 0. The molecule has 0 aromatic carbocycles. The van der Waals surface area contributed by atoms with Crippen LogP contribution in [0.5, 0.6) is 0 Å². The Hall–Kier alpha value is -1.30. The second kappa shape index (κ2) is 5.43. The maximum atomic E-state index is 11.2. The van der Waals surface area contributed by atoms with Gasteiger partial charge < -0.3 is 10.6 Å². The van der Waals surface area contributed by atoms with Gasteiger partial charge in [-0.25, -0.2) is 19.4 Å². The van der Waals surface area contributed by atoms with Gasteiger partial charge in [0, 0.05) is 6.54 Å². The summed E-state index contributed by atoms with van der Waals surface area (Å²) in [7, 11) is 0. The quantitative estimate of drug-likeness (QED) is 0.484. The first-order valence-corrected chi connectivity index (χ1v) is 4.63. The molecule has 80 valence electrons. The van der Waals surface area contributed by atoms with Gasteiger partial charge in [-0.05, 0) is 26.3 Å². The monoisotopic (exact) mass is 202 g/mol. The average Bonchev–Trinajstić information content (AvgIpc) is 2.67. The highest BCUT2D eigenvalue weighted by molar-refractivity contribution is 5.76. The molecule has 0 aromatic rings. The van der Waals surface area contributed by atoms with Gasteiger partial charge in [0.2, 0.25) is 0 Å². The van der Waals surface area contributed by atoms with Crippen LogP contribution in [0.2, 0.25) is 0 Å². The molecule has 1 heterocycles. The lowest BCUT2D eigenvalue weighted by Crippen LogP contribution is -2.34. The van der Waals surface area contributed by atoms with Gasteiger partial charge >= 0.3 is 12.1 Å². The van der Waals surface area contributed by atoms with Gasteiger partial charge in [0.25, 0.3) is 0 Å². The third-order valence-corrected chi connectivity index (χ3v) is 1.87. The predicted octanol–water partition coefficient (Wildman–Crippen LogP) is -0.0573. The van der Waals surface area contributed by atoms with E-state index < -0.39 is 12.1 Å². The van der Waals surface area contributed by atoms with E-state index in [1.165, 1.54) is 0 Å². The first-order valence-electron chi connectivity index (χ1n) is 4.63. The van der Waals surface area contributed by atoms with Crippen molar-refractivity contribution in [1.82, 2.24) is 10.6 Å². The van der Waals surface area contributed by atoms with Crippen LogP contribution in [0, 0.1) is 0 Å². The fourth-order valence-corrected chi connectivity index (χ4v) is 1.20. The van der Waals surface area contributed by atoms with Crippen LogP contribution < -0.4 is 10.6 Å². The summed E-state index contributed by atoms with van der Waals surface area (Å²) in [5, 5.41) is 5.26. The lowest BCUT2D eigenvalue weighted by atomic mass is 10.2. The zero-order valence-corrected chi connectivity index (χ0v) is 8.04. The smallest absolute Gasteiger partial charge is 0.319 e. The first kappa shape index (κ1) is 10.8. The lowest BCUT2D eigenvalue weighted by Gasteiger charge is -2.07. The van der Waals surface area contributed by atoms with Crippen LogP contribution in [0.4, 0.5) is 4.79 Å². The molecule has 0 aliphatic carbocycles. The third-order valence-electron chi connectivity index (χ3n) is 1.87. The standard InChI is InChI=1S/C8H14N2O4/c1-2-9-8(12)14-13-7(11)6-4-3-5-10-6/h6,10H,2-5H2,1H3,(H,9,12)/t6-/m1/s1. The van der Waals surface area contributed by atoms with Gasteiger partial charge in [-0.1, -0.05) is 0 Å². The summed E-state index contributed by atoms with van der Waals surface area (Å²) in [4.78, 5) is 30.4. The van der Waals surface area contributed by atoms with Crippen molar-refractivity contribution in [1.29, 1.82) is 0 Å². The van der Waals surface area contributed by atoms with Crippen molar-refractivity contribution in [2.75, 3.05) is 13.1 Å². The summed E-state index contributed by atoms with van der Waals surface area (Å²) in [6.45, 7) is 2.96.